The number of benzene rings is 1. The van der Waals surface area contributed by atoms with Gasteiger partial charge in [-0.3, -0.25) is 14.7 Å². The molecular formula is C21H26N4O3. The number of ether oxygens (including phenoxy) is 1. The molecule has 2 aromatic rings. The minimum atomic E-state index is -0.101. The van der Waals surface area contributed by atoms with Crippen molar-refractivity contribution in [2.24, 2.45) is 0 Å². The van der Waals surface area contributed by atoms with E-state index < -0.39 is 0 Å². The Labute approximate surface area is 164 Å². The molecule has 0 aliphatic carbocycles. The number of carbonyl (C=O) groups is 2. The molecule has 148 valence electrons. The molecule has 1 fully saturated rings. The normalized spacial score (nSPS) is 19.0. The molecule has 0 radical (unpaired) electrons. The van der Waals surface area contributed by atoms with Gasteiger partial charge in [0.1, 0.15) is 6.61 Å². The summed E-state index contributed by atoms with van der Waals surface area (Å²) in [5.41, 5.74) is 3.37. The number of hydrogen-bond acceptors (Lipinski definition) is 4. The molecule has 2 aliphatic heterocycles. The molecule has 1 aromatic heterocycles. The van der Waals surface area contributed by atoms with Gasteiger partial charge >= 0.3 is 0 Å². The third-order valence-electron chi connectivity index (χ3n) is 5.56. The highest BCUT2D eigenvalue weighted by Gasteiger charge is 2.31. The fraction of sp³-hybridized carbons (Fsp3) is 0.476. The topological polar surface area (TPSA) is 78.5 Å². The van der Waals surface area contributed by atoms with Crippen molar-refractivity contribution in [3.8, 4) is 0 Å². The van der Waals surface area contributed by atoms with Crippen LogP contribution in [0.15, 0.2) is 30.3 Å². The number of rotatable bonds is 5. The lowest BCUT2D eigenvalue weighted by Crippen LogP contribution is -2.40. The second-order valence-electron chi connectivity index (χ2n) is 7.28. The van der Waals surface area contributed by atoms with Crippen molar-refractivity contribution in [2.75, 3.05) is 31.2 Å². The number of likely N-dealkylation sites (tertiary alicyclic amines) is 1. The molecule has 2 amide bonds. The molecule has 4 rings (SSSR count). The lowest BCUT2D eigenvalue weighted by atomic mass is 9.99. The molecule has 1 saturated heterocycles. The molecule has 7 heteroatoms. The van der Waals surface area contributed by atoms with E-state index in [0.717, 1.165) is 37.1 Å². The van der Waals surface area contributed by atoms with Crippen LogP contribution in [0.1, 0.15) is 54.0 Å². The molecule has 1 unspecified atom stereocenters. The monoisotopic (exact) mass is 382 g/mol. The summed E-state index contributed by atoms with van der Waals surface area (Å²) in [7, 11) is 0. The molecule has 3 heterocycles. The first-order valence-corrected chi connectivity index (χ1v) is 10.0. The molecule has 0 spiro atoms. The van der Waals surface area contributed by atoms with Gasteiger partial charge in [0, 0.05) is 25.4 Å². The molecule has 1 atom stereocenters. The summed E-state index contributed by atoms with van der Waals surface area (Å²) in [5, 5.41) is 7.29. The number of aromatic amines is 1. The van der Waals surface area contributed by atoms with Gasteiger partial charge in [-0.25, -0.2) is 0 Å². The van der Waals surface area contributed by atoms with E-state index >= 15 is 0 Å². The largest absolute Gasteiger partial charge is 0.372 e. The lowest BCUT2D eigenvalue weighted by molar-refractivity contribution is -0.140. The van der Waals surface area contributed by atoms with Crippen LogP contribution in [0, 0.1) is 0 Å². The van der Waals surface area contributed by atoms with Crippen molar-refractivity contribution >= 4 is 17.5 Å². The van der Waals surface area contributed by atoms with Gasteiger partial charge in [-0.1, -0.05) is 18.2 Å². The first kappa shape index (κ1) is 18.7. The zero-order valence-corrected chi connectivity index (χ0v) is 16.2. The third-order valence-corrected chi connectivity index (χ3v) is 5.56. The first-order valence-electron chi connectivity index (χ1n) is 10.0. The lowest BCUT2D eigenvalue weighted by Gasteiger charge is -2.35. The van der Waals surface area contributed by atoms with Crippen molar-refractivity contribution in [1.82, 2.24) is 15.1 Å². The van der Waals surface area contributed by atoms with E-state index in [2.05, 4.69) is 16.3 Å². The minimum absolute atomic E-state index is 0.0116. The number of piperidine rings is 1. The molecule has 0 saturated carbocycles. The standard InChI is InChI=1S/C21H26N4O3/c1-2-28-14-20(26)24-11-6-5-9-19(24)16-13-17(23-22-16)21(27)25-12-10-15-7-3-4-8-18(15)25/h3-4,7-8,13,19H,2,5-6,9-12,14H2,1H3,(H,22,23). The van der Waals surface area contributed by atoms with Crippen molar-refractivity contribution in [3.05, 3.63) is 47.3 Å². The first-order chi connectivity index (χ1) is 13.7. The van der Waals surface area contributed by atoms with E-state index in [1.165, 1.54) is 5.56 Å². The molecular weight excluding hydrogens is 356 g/mol. The van der Waals surface area contributed by atoms with Crippen molar-refractivity contribution < 1.29 is 14.3 Å². The number of para-hydroxylation sites is 1. The zero-order chi connectivity index (χ0) is 19.5. The quantitative estimate of drug-likeness (QED) is 0.862. The van der Waals surface area contributed by atoms with Crippen molar-refractivity contribution in [1.29, 1.82) is 0 Å². The van der Waals surface area contributed by atoms with E-state index in [-0.39, 0.29) is 24.5 Å². The van der Waals surface area contributed by atoms with Gasteiger partial charge in [0.2, 0.25) is 5.91 Å². The molecule has 0 bridgehead atoms. The van der Waals surface area contributed by atoms with E-state index in [1.54, 1.807) is 11.0 Å². The Balaban J connectivity index is 1.52. The summed E-state index contributed by atoms with van der Waals surface area (Å²) in [6.07, 6.45) is 3.76. The summed E-state index contributed by atoms with van der Waals surface area (Å²) >= 11 is 0. The highest BCUT2D eigenvalue weighted by molar-refractivity contribution is 6.06. The average Bonchev–Trinajstić information content (AvgIpc) is 3.39. The minimum Gasteiger partial charge on any atom is -0.372 e. The summed E-state index contributed by atoms with van der Waals surface area (Å²) in [6, 6.07) is 9.70. The number of nitrogens with one attached hydrogen (secondary N) is 1. The van der Waals surface area contributed by atoms with E-state index in [9.17, 15) is 9.59 Å². The number of H-pyrrole nitrogens is 1. The fourth-order valence-corrected chi connectivity index (χ4v) is 4.13. The maximum atomic E-state index is 13.0. The molecule has 1 N–H and O–H groups in total. The predicted octanol–water partition coefficient (Wildman–Crippen LogP) is 2.70. The summed E-state index contributed by atoms with van der Waals surface area (Å²) in [5.74, 6) is -0.113. The molecule has 1 aromatic carbocycles. The maximum absolute atomic E-state index is 13.0. The van der Waals surface area contributed by atoms with Crippen LogP contribution in [-0.2, 0) is 16.0 Å². The van der Waals surface area contributed by atoms with Gasteiger partial charge in [-0.05, 0) is 50.3 Å². The number of nitrogens with zero attached hydrogens (tertiary/aromatic N) is 3. The SMILES string of the molecule is CCOCC(=O)N1CCCCC1c1cc(C(=O)N2CCc3ccccc32)n[nH]1. The van der Waals surface area contributed by atoms with Gasteiger partial charge in [0.25, 0.3) is 5.91 Å². The van der Waals surface area contributed by atoms with Gasteiger partial charge in [0.15, 0.2) is 5.69 Å². The van der Waals surface area contributed by atoms with Crippen LogP contribution in [0.25, 0.3) is 0 Å². The zero-order valence-electron chi connectivity index (χ0n) is 16.2. The number of anilines is 1. The highest BCUT2D eigenvalue weighted by atomic mass is 16.5. The van der Waals surface area contributed by atoms with Crippen molar-refractivity contribution in [3.63, 3.8) is 0 Å². The van der Waals surface area contributed by atoms with Crippen LogP contribution in [0.2, 0.25) is 0 Å². The third kappa shape index (κ3) is 3.54. The Kier molecular flexibility index (Phi) is 5.43. The number of aromatic nitrogens is 2. The van der Waals surface area contributed by atoms with Gasteiger partial charge in [-0.2, -0.15) is 5.10 Å². The van der Waals surface area contributed by atoms with Crippen LogP contribution < -0.4 is 4.90 Å². The maximum Gasteiger partial charge on any atom is 0.278 e. The van der Waals surface area contributed by atoms with Gasteiger partial charge < -0.3 is 14.5 Å². The van der Waals surface area contributed by atoms with Crippen LogP contribution in [0.3, 0.4) is 0 Å². The Morgan fingerprint density at radius 3 is 2.96 bits per heavy atom. The Bertz CT molecular complexity index is 863. The van der Waals surface area contributed by atoms with E-state index in [4.69, 9.17) is 4.74 Å². The number of carbonyl (C=O) groups excluding carboxylic acids is 2. The second kappa shape index (κ2) is 8.14. The highest BCUT2D eigenvalue weighted by Crippen LogP contribution is 2.32. The van der Waals surface area contributed by atoms with Gasteiger partial charge in [-0.15, -0.1) is 0 Å². The average molecular weight is 382 g/mol. The number of hydrogen-bond donors (Lipinski definition) is 1. The summed E-state index contributed by atoms with van der Waals surface area (Å²) < 4.78 is 5.30. The Morgan fingerprint density at radius 1 is 1.25 bits per heavy atom. The van der Waals surface area contributed by atoms with Crippen LogP contribution >= 0.6 is 0 Å². The molecule has 28 heavy (non-hydrogen) atoms. The number of amides is 2. The van der Waals surface area contributed by atoms with Crippen molar-refractivity contribution in [2.45, 2.75) is 38.6 Å². The van der Waals surface area contributed by atoms with E-state index in [0.29, 0.717) is 25.4 Å². The van der Waals surface area contributed by atoms with Crippen LogP contribution in [0.5, 0.6) is 0 Å². The second-order valence-corrected chi connectivity index (χ2v) is 7.28. The molecule has 7 nitrogen and oxygen atoms in total. The summed E-state index contributed by atoms with van der Waals surface area (Å²) in [6.45, 7) is 3.87. The Morgan fingerprint density at radius 2 is 2.11 bits per heavy atom. The predicted molar refractivity (Wildman–Crippen MR) is 105 cm³/mol. The summed E-state index contributed by atoms with van der Waals surface area (Å²) in [4.78, 5) is 29.2. The van der Waals surface area contributed by atoms with Gasteiger partial charge in [0.05, 0.1) is 11.7 Å². The Hall–Kier alpha value is -2.67. The van der Waals surface area contributed by atoms with Crippen LogP contribution in [-0.4, -0.2) is 53.2 Å². The molecule has 2 aliphatic rings. The fourth-order valence-electron chi connectivity index (χ4n) is 4.13. The smallest absolute Gasteiger partial charge is 0.278 e. The number of fused-ring (bicyclic) bond motifs is 1. The van der Waals surface area contributed by atoms with E-state index in [1.807, 2.05) is 30.0 Å². The van der Waals surface area contributed by atoms with Crippen LogP contribution in [0.4, 0.5) is 5.69 Å².